The van der Waals surface area contributed by atoms with Gasteiger partial charge in [-0.05, 0) is 6.42 Å². The Kier molecular flexibility index (Phi) is 13.0. The Morgan fingerprint density at radius 3 is 1.94 bits per heavy atom. The molecule has 2 unspecified atom stereocenters. The molecule has 18 heavy (non-hydrogen) atoms. The Bertz CT molecular complexity index is 167. The number of ether oxygens (including phenoxy) is 4. The second-order valence-corrected chi connectivity index (χ2v) is 3.83. The van der Waals surface area contributed by atoms with Crippen molar-refractivity contribution in [3.8, 4) is 0 Å². The molecule has 0 rings (SSSR count). The van der Waals surface area contributed by atoms with Crippen molar-refractivity contribution >= 4 is 0 Å². The Labute approximate surface area is 109 Å². The fourth-order valence-electron chi connectivity index (χ4n) is 1.38. The second-order valence-electron chi connectivity index (χ2n) is 3.83. The predicted octanol–water partition coefficient (Wildman–Crippen LogP) is -0.186. The first-order chi connectivity index (χ1) is 8.78. The van der Waals surface area contributed by atoms with E-state index in [1.165, 1.54) is 0 Å². The van der Waals surface area contributed by atoms with Gasteiger partial charge in [-0.3, -0.25) is 0 Å². The van der Waals surface area contributed by atoms with Crippen molar-refractivity contribution in [2.24, 2.45) is 0 Å². The Morgan fingerprint density at radius 2 is 1.44 bits per heavy atom. The monoisotopic (exact) mass is 266 g/mol. The number of hydrogen-bond donors (Lipinski definition) is 2. The number of hydrogen-bond acceptors (Lipinski definition) is 6. The average Bonchev–Trinajstić information content (AvgIpc) is 2.39. The molecule has 2 atom stereocenters. The van der Waals surface area contributed by atoms with E-state index in [2.05, 4.69) is 0 Å². The van der Waals surface area contributed by atoms with E-state index in [-0.39, 0.29) is 32.0 Å². The highest BCUT2D eigenvalue weighted by atomic mass is 16.6. The van der Waals surface area contributed by atoms with E-state index in [9.17, 15) is 0 Å². The molecule has 0 saturated heterocycles. The first-order valence-electron chi connectivity index (χ1n) is 6.30. The molecular weight excluding hydrogens is 240 g/mol. The summed E-state index contributed by atoms with van der Waals surface area (Å²) in [5.41, 5.74) is 0. The van der Waals surface area contributed by atoms with Crippen LogP contribution in [0.5, 0.6) is 0 Å². The zero-order valence-electron chi connectivity index (χ0n) is 11.3. The van der Waals surface area contributed by atoms with Crippen LogP contribution < -0.4 is 0 Å². The number of methoxy groups -OCH3 is 1. The molecule has 0 aromatic carbocycles. The van der Waals surface area contributed by atoms with Gasteiger partial charge in [0.25, 0.3) is 0 Å². The van der Waals surface area contributed by atoms with Gasteiger partial charge in [0.05, 0.1) is 52.4 Å². The quantitative estimate of drug-likeness (QED) is 0.481. The van der Waals surface area contributed by atoms with E-state index in [1.54, 1.807) is 7.11 Å². The normalized spacial score (nSPS) is 14.7. The van der Waals surface area contributed by atoms with Crippen LogP contribution in [0.2, 0.25) is 0 Å². The van der Waals surface area contributed by atoms with Crippen LogP contribution in [-0.4, -0.2) is 75.8 Å². The third kappa shape index (κ3) is 9.76. The summed E-state index contributed by atoms with van der Waals surface area (Å²) in [6.07, 6.45) is 0.627. The van der Waals surface area contributed by atoms with Crippen molar-refractivity contribution in [1.29, 1.82) is 0 Å². The molecule has 2 N–H and O–H groups in total. The van der Waals surface area contributed by atoms with Crippen LogP contribution in [0.4, 0.5) is 0 Å². The summed E-state index contributed by atoms with van der Waals surface area (Å²) in [6.45, 7) is 3.88. The molecule has 0 radical (unpaired) electrons. The summed E-state index contributed by atoms with van der Waals surface area (Å²) in [5, 5.41) is 17.3. The molecule has 0 aliphatic rings. The van der Waals surface area contributed by atoms with Gasteiger partial charge in [0.1, 0.15) is 6.10 Å². The number of rotatable bonds is 13. The minimum atomic E-state index is -0.183. The Morgan fingerprint density at radius 1 is 0.889 bits per heavy atom. The summed E-state index contributed by atoms with van der Waals surface area (Å²) >= 11 is 0. The molecule has 0 amide bonds. The SMILES string of the molecule is CCC(COCC(COC)OCCO)OCCO. The van der Waals surface area contributed by atoms with Gasteiger partial charge in [0, 0.05) is 7.11 Å². The highest BCUT2D eigenvalue weighted by Gasteiger charge is 2.11. The average molecular weight is 266 g/mol. The van der Waals surface area contributed by atoms with Crippen LogP contribution in [0.15, 0.2) is 0 Å². The zero-order chi connectivity index (χ0) is 13.6. The van der Waals surface area contributed by atoms with Gasteiger partial charge in [0.15, 0.2) is 0 Å². The molecule has 110 valence electrons. The van der Waals surface area contributed by atoms with Gasteiger partial charge in [-0.15, -0.1) is 0 Å². The van der Waals surface area contributed by atoms with Crippen LogP contribution in [0.1, 0.15) is 13.3 Å². The Hall–Kier alpha value is -0.240. The van der Waals surface area contributed by atoms with Crippen molar-refractivity contribution in [3.05, 3.63) is 0 Å². The van der Waals surface area contributed by atoms with Gasteiger partial charge in [-0.2, -0.15) is 0 Å². The summed E-state index contributed by atoms with van der Waals surface area (Å²) < 4.78 is 21.2. The van der Waals surface area contributed by atoms with Crippen LogP contribution in [0.3, 0.4) is 0 Å². The topological polar surface area (TPSA) is 77.4 Å². The Balaban J connectivity index is 3.73. The van der Waals surface area contributed by atoms with Gasteiger partial charge < -0.3 is 29.2 Å². The maximum atomic E-state index is 8.68. The zero-order valence-corrected chi connectivity index (χ0v) is 11.3. The lowest BCUT2D eigenvalue weighted by molar-refractivity contribution is -0.0830. The fraction of sp³-hybridized carbons (Fsp3) is 1.00. The van der Waals surface area contributed by atoms with Crippen molar-refractivity contribution < 1.29 is 29.2 Å². The van der Waals surface area contributed by atoms with Crippen molar-refractivity contribution in [1.82, 2.24) is 0 Å². The highest BCUT2D eigenvalue weighted by molar-refractivity contribution is 4.58. The molecular formula is C12H26O6. The van der Waals surface area contributed by atoms with E-state index in [0.29, 0.717) is 26.4 Å². The summed E-state index contributed by atoms with van der Waals surface area (Å²) in [4.78, 5) is 0. The lowest BCUT2D eigenvalue weighted by atomic mass is 10.3. The molecule has 0 aliphatic carbocycles. The van der Waals surface area contributed by atoms with E-state index < -0.39 is 0 Å². The molecule has 0 saturated carbocycles. The summed E-state index contributed by atoms with van der Waals surface area (Å²) in [7, 11) is 1.59. The summed E-state index contributed by atoms with van der Waals surface area (Å²) in [5.74, 6) is 0. The molecule has 0 aromatic heterocycles. The lowest BCUT2D eigenvalue weighted by Gasteiger charge is -2.19. The van der Waals surface area contributed by atoms with Crippen LogP contribution in [0.25, 0.3) is 0 Å². The maximum Gasteiger partial charge on any atom is 0.104 e. The molecule has 0 spiro atoms. The lowest BCUT2D eigenvalue weighted by Crippen LogP contribution is -2.29. The van der Waals surface area contributed by atoms with Crippen LogP contribution >= 0.6 is 0 Å². The third-order valence-electron chi connectivity index (χ3n) is 2.31. The van der Waals surface area contributed by atoms with Crippen LogP contribution in [-0.2, 0) is 18.9 Å². The molecule has 6 nitrogen and oxygen atoms in total. The van der Waals surface area contributed by atoms with E-state index in [4.69, 9.17) is 29.2 Å². The second kappa shape index (κ2) is 13.2. The van der Waals surface area contributed by atoms with Crippen molar-refractivity contribution in [3.63, 3.8) is 0 Å². The standard InChI is InChI=1S/C12H26O6/c1-3-11(17-6-4-13)9-16-10-12(8-15-2)18-7-5-14/h11-14H,3-10H2,1-2H3. The molecule has 0 heterocycles. The minimum Gasteiger partial charge on any atom is -0.394 e. The highest BCUT2D eigenvalue weighted by Crippen LogP contribution is 2.01. The molecule has 0 bridgehead atoms. The first-order valence-corrected chi connectivity index (χ1v) is 6.30. The fourth-order valence-corrected chi connectivity index (χ4v) is 1.38. The van der Waals surface area contributed by atoms with Gasteiger partial charge in [0.2, 0.25) is 0 Å². The van der Waals surface area contributed by atoms with Gasteiger partial charge in [-0.25, -0.2) is 0 Å². The molecule has 0 aromatic rings. The molecule has 6 heteroatoms. The van der Waals surface area contributed by atoms with E-state index >= 15 is 0 Å². The maximum absolute atomic E-state index is 8.68. The summed E-state index contributed by atoms with van der Waals surface area (Å²) in [6, 6.07) is 0. The van der Waals surface area contributed by atoms with Crippen LogP contribution in [0, 0.1) is 0 Å². The van der Waals surface area contributed by atoms with Gasteiger partial charge >= 0.3 is 0 Å². The minimum absolute atomic E-state index is 0.0156. The van der Waals surface area contributed by atoms with Crippen molar-refractivity contribution in [2.75, 3.05) is 53.4 Å². The van der Waals surface area contributed by atoms with E-state index in [1.807, 2.05) is 6.92 Å². The van der Waals surface area contributed by atoms with Gasteiger partial charge in [-0.1, -0.05) is 6.92 Å². The van der Waals surface area contributed by atoms with Crippen molar-refractivity contribution in [2.45, 2.75) is 25.6 Å². The largest absolute Gasteiger partial charge is 0.394 e. The first kappa shape index (κ1) is 17.8. The number of aliphatic hydroxyl groups excluding tert-OH is 2. The van der Waals surface area contributed by atoms with E-state index in [0.717, 1.165) is 6.42 Å². The third-order valence-corrected chi connectivity index (χ3v) is 2.31. The predicted molar refractivity (Wildman–Crippen MR) is 66.6 cm³/mol. The molecule has 0 fully saturated rings. The molecule has 0 aliphatic heterocycles. The smallest absolute Gasteiger partial charge is 0.104 e. The number of aliphatic hydroxyl groups is 2.